The highest BCUT2D eigenvalue weighted by molar-refractivity contribution is 7.92. The molecule has 3 fully saturated rings. The van der Waals surface area contributed by atoms with Gasteiger partial charge in [-0.25, -0.2) is 23.6 Å². The molecule has 208 valence electrons. The molecule has 11 nitrogen and oxygen atoms in total. The number of nitrogens with one attached hydrogen (secondary N) is 3. The molecule has 0 spiro atoms. The molecule has 0 bridgehead atoms. The average molecular weight is 559 g/mol. The lowest BCUT2D eigenvalue weighted by Gasteiger charge is -2.55. The predicted octanol–water partition coefficient (Wildman–Crippen LogP) is 1.95. The molecule has 3 saturated heterocycles. The molecule has 2 amide bonds. The summed E-state index contributed by atoms with van der Waals surface area (Å²) < 4.78 is 67.4. The number of halogens is 3. The number of benzene rings is 1. The number of nitrogens with zero attached hydrogens (tertiary/aromatic N) is 3. The number of likely N-dealkylation sites (tertiary alicyclic amines) is 1. The van der Waals surface area contributed by atoms with E-state index in [9.17, 15) is 36.4 Å². The minimum atomic E-state index is -5.49. The Morgan fingerprint density at radius 1 is 1.24 bits per heavy atom. The molecule has 3 aliphatic rings. The smallest absolute Gasteiger partial charge is 0.444 e. The molecule has 3 unspecified atom stereocenters. The Balaban J connectivity index is 1.54. The molecular weight excluding hydrogens is 529 g/mol. The minimum Gasteiger partial charge on any atom is -0.444 e. The number of sulfone groups is 1. The zero-order valence-corrected chi connectivity index (χ0v) is 21.8. The van der Waals surface area contributed by atoms with Crippen LogP contribution in [0, 0.1) is 17.2 Å². The Kier molecular flexibility index (Phi) is 7.04. The van der Waals surface area contributed by atoms with E-state index in [1.807, 2.05) is 5.01 Å². The molecule has 3 aliphatic heterocycles. The van der Waals surface area contributed by atoms with Crippen molar-refractivity contribution in [2.75, 3.05) is 25.0 Å². The number of fused-ring (bicyclic) bond motifs is 1. The van der Waals surface area contributed by atoms with Crippen LogP contribution in [0.2, 0.25) is 0 Å². The van der Waals surface area contributed by atoms with Crippen LogP contribution in [0.1, 0.15) is 33.6 Å². The second-order valence-electron chi connectivity index (χ2n) is 10.7. The van der Waals surface area contributed by atoms with Crippen LogP contribution in [0.15, 0.2) is 29.2 Å². The van der Waals surface area contributed by atoms with Gasteiger partial charge < -0.3 is 20.3 Å². The first-order valence-electron chi connectivity index (χ1n) is 11.9. The Morgan fingerprint density at radius 3 is 2.42 bits per heavy atom. The number of nitriles is 1. The number of amides is 2. The fraction of sp³-hybridized carbons (Fsp3) is 0.609. The van der Waals surface area contributed by atoms with Crippen molar-refractivity contribution >= 4 is 27.5 Å². The molecule has 0 aromatic heterocycles. The van der Waals surface area contributed by atoms with Crippen molar-refractivity contribution in [3.63, 3.8) is 0 Å². The van der Waals surface area contributed by atoms with Crippen molar-refractivity contribution in [1.29, 1.82) is 5.26 Å². The maximum Gasteiger partial charge on any atom is 0.501 e. The predicted molar refractivity (Wildman–Crippen MR) is 128 cm³/mol. The first-order valence-corrected chi connectivity index (χ1v) is 13.4. The van der Waals surface area contributed by atoms with Gasteiger partial charge in [-0.05, 0) is 51.5 Å². The largest absolute Gasteiger partial charge is 0.501 e. The second kappa shape index (κ2) is 9.58. The Hall–Kier alpha value is -3.09. The number of alkyl halides is 3. The maximum absolute atomic E-state index is 12.9. The molecule has 0 aliphatic carbocycles. The Labute approximate surface area is 218 Å². The third-order valence-corrected chi connectivity index (χ3v) is 8.26. The van der Waals surface area contributed by atoms with Crippen LogP contribution >= 0.6 is 0 Å². The number of hydrogen-bond donors (Lipinski definition) is 3. The molecule has 1 aromatic carbocycles. The van der Waals surface area contributed by atoms with Gasteiger partial charge in [0.05, 0.1) is 28.8 Å². The quantitative estimate of drug-likeness (QED) is 0.494. The van der Waals surface area contributed by atoms with Crippen LogP contribution in [0.4, 0.5) is 23.7 Å². The van der Waals surface area contributed by atoms with Gasteiger partial charge in [-0.3, -0.25) is 4.79 Å². The van der Waals surface area contributed by atoms with Gasteiger partial charge in [0, 0.05) is 31.4 Å². The lowest BCUT2D eigenvalue weighted by atomic mass is 9.82. The summed E-state index contributed by atoms with van der Waals surface area (Å²) in [5.74, 6) is -0.881. The number of anilines is 1. The van der Waals surface area contributed by atoms with E-state index in [4.69, 9.17) is 4.74 Å². The monoisotopic (exact) mass is 558 g/mol. The molecule has 15 heteroatoms. The van der Waals surface area contributed by atoms with Crippen molar-refractivity contribution < 1.29 is 35.9 Å². The zero-order valence-electron chi connectivity index (χ0n) is 21.0. The highest BCUT2D eigenvalue weighted by Gasteiger charge is 2.59. The molecule has 3 atom stereocenters. The molecule has 3 heterocycles. The molecule has 0 saturated carbocycles. The summed E-state index contributed by atoms with van der Waals surface area (Å²) in [5, 5.41) is 17.3. The van der Waals surface area contributed by atoms with Gasteiger partial charge in [-0.15, -0.1) is 0 Å². The molecule has 4 rings (SSSR count). The van der Waals surface area contributed by atoms with E-state index < -0.39 is 49.6 Å². The summed E-state index contributed by atoms with van der Waals surface area (Å²) >= 11 is 0. The molecule has 3 N–H and O–H groups in total. The number of hydrazine groups is 1. The summed E-state index contributed by atoms with van der Waals surface area (Å²) in [4.78, 5) is 26.0. The van der Waals surface area contributed by atoms with E-state index in [2.05, 4.69) is 22.1 Å². The lowest BCUT2D eigenvalue weighted by molar-refractivity contribution is -0.130. The van der Waals surface area contributed by atoms with Crippen LogP contribution in [-0.2, 0) is 19.4 Å². The Morgan fingerprint density at radius 2 is 1.87 bits per heavy atom. The highest BCUT2D eigenvalue weighted by Crippen LogP contribution is 2.40. The van der Waals surface area contributed by atoms with Crippen molar-refractivity contribution in [3.8, 4) is 6.07 Å². The minimum absolute atomic E-state index is 0.0703. The topological polar surface area (TPSA) is 144 Å². The van der Waals surface area contributed by atoms with E-state index in [0.717, 1.165) is 12.1 Å². The van der Waals surface area contributed by atoms with Gasteiger partial charge in [0.1, 0.15) is 11.8 Å². The van der Waals surface area contributed by atoms with Crippen LogP contribution in [0.3, 0.4) is 0 Å². The third kappa shape index (κ3) is 5.12. The van der Waals surface area contributed by atoms with Crippen molar-refractivity contribution in [2.45, 2.75) is 67.4 Å². The zero-order chi connectivity index (χ0) is 28.1. The fourth-order valence-corrected chi connectivity index (χ4v) is 5.84. The number of piperidine rings is 1. The fourth-order valence-electron chi connectivity index (χ4n) is 5.08. The van der Waals surface area contributed by atoms with Gasteiger partial charge in [0.25, 0.3) is 9.84 Å². The van der Waals surface area contributed by atoms with Crippen LogP contribution in [0.25, 0.3) is 0 Å². The van der Waals surface area contributed by atoms with E-state index in [0.29, 0.717) is 18.7 Å². The van der Waals surface area contributed by atoms with E-state index >= 15 is 0 Å². The first kappa shape index (κ1) is 27.9. The van der Waals surface area contributed by atoms with Gasteiger partial charge in [-0.1, -0.05) is 0 Å². The van der Waals surface area contributed by atoms with Crippen molar-refractivity contribution in [3.05, 3.63) is 24.3 Å². The molecule has 1 aromatic rings. The number of ether oxygens (including phenoxy) is 1. The standard InChI is InChI=1S/C23H29F3N6O5S/c1-21(2,3)37-20(34)31-12-22(13-31,9-10-27)32-16-8-11-28-19(33)17(16)18(30-32)29-14-4-6-15(7-5-14)38(35,36)23(24,25)26/h4-7,16-18,29-30H,8-9,11-13H2,1-3H3,(H,28,33). The summed E-state index contributed by atoms with van der Waals surface area (Å²) in [6, 6.07) is 5.91. The average Bonchev–Trinajstić information content (AvgIpc) is 3.14. The second-order valence-corrected chi connectivity index (χ2v) is 12.6. The van der Waals surface area contributed by atoms with Crippen molar-refractivity contribution in [2.24, 2.45) is 5.92 Å². The van der Waals surface area contributed by atoms with Gasteiger partial charge in [0.15, 0.2) is 0 Å². The normalized spacial score (nSPS) is 25.6. The first-order chi connectivity index (χ1) is 17.6. The van der Waals surface area contributed by atoms with Crippen LogP contribution < -0.4 is 16.1 Å². The number of rotatable bonds is 5. The summed E-state index contributed by atoms with van der Waals surface area (Å²) in [5.41, 5.74) is -3.35. The van der Waals surface area contributed by atoms with Crippen LogP contribution in [-0.4, -0.2) is 78.8 Å². The molecule has 38 heavy (non-hydrogen) atoms. The maximum atomic E-state index is 12.9. The highest BCUT2D eigenvalue weighted by atomic mass is 32.2. The van der Waals surface area contributed by atoms with E-state index in [-0.39, 0.29) is 31.5 Å². The molecule has 0 radical (unpaired) electrons. The third-order valence-electron chi connectivity index (χ3n) is 6.76. The SMILES string of the molecule is CC(C)(C)OC(=O)N1CC(CC#N)(N2NC(Nc3ccc(S(=O)(=O)C(F)(F)F)cc3)C3C(=O)NCCC32)C1. The van der Waals surface area contributed by atoms with E-state index in [1.54, 1.807) is 20.8 Å². The lowest BCUT2D eigenvalue weighted by Crippen LogP contribution is -2.74. The summed E-state index contributed by atoms with van der Waals surface area (Å²) in [6.07, 6.45) is -0.589. The van der Waals surface area contributed by atoms with Crippen molar-refractivity contribution in [1.82, 2.24) is 20.7 Å². The van der Waals surface area contributed by atoms with Gasteiger partial charge in [0.2, 0.25) is 5.91 Å². The number of carbonyl (C=O) groups is 2. The van der Waals surface area contributed by atoms with Crippen LogP contribution in [0.5, 0.6) is 0 Å². The Bertz CT molecular complexity index is 1240. The van der Waals surface area contributed by atoms with Gasteiger partial charge in [-0.2, -0.15) is 18.4 Å². The summed E-state index contributed by atoms with van der Waals surface area (Å²) in [7, 11) is -5.49. The van der Waals surface area contributed by atoms with Gasteiger partial charge >= 0.3 is 11.6 Å². The number of carbonyl (C=O) groups excluding carboxylic acids is 2. The summed E-state index contributed by atoms with van der Waals surface area (Å²) in [6.45, 7) is 6.06. The number of hydrogen-bond acceptors (Lipinski definition) is 9. The molecular formula is C23H29F3N6O5S. The van der Waals surface area contributed by atoms with E-state index in [1.165, 1.54) is 17.0 Å².